The molecule has 1 amide bonds. The van der Waals surface area contributed by atoms with Crippen LogP contribution in [0.15, 0.2) is 66.7 Å². The van der Waals surface area contributed by atoms with Crippen molar-refractivity contribution in [3.63, 3.8) is 0 Å². The Kier molecular flexibility index (Phi) is 6.26. The van der Waals surface area contributed by atoms with Crippen molar-refractivity contribution >= 4 is 28.4 Å². The van der Waals surface area contributed by atoms with Gasteiger partial charge in [0.25, 0.3) is 5.91 Å². The fourth-order valence-electron chi connectivity index (χ4n) is 3.56. The second-order valence-electron chi connectivity index (χ2n) is 7.96. The van der Waals surface area contributed by atoms with Gasteiger partial charge in [0.05, 0.1) is 28.9 Å². The normalized spacial score (nSPS) is 12.3. The molecule has 1 heterocycles. The third kappa shape index (κ3) is 4.24. The van der Waals surface area contributed by atoms with Gasteiger partial charge in [-0.25, -0.2) is 9.07 Å². The number of aromatic nitrogens is 2. The number of aliphatic hydroxyl groups excluding tert-OH is 1. The Morgan fingerprint density at radius 3 is 2.50 bits per heavy atom. The fourth-order valence-corrected chi connectivity index (χ4v) is 3.79. The van der Waals surface area contributed by atoms with E-state index in [0.29, 0.717) is 27.5 Å². The molecular weight excluding hydrogens is 429 g/mol. The lowest BCUT2D eigenvalue weighted by atomic mass is 10.0. The molecule has 0 saturated carbocycles. The monoisotopic (exact) mass is 451 g/mol. The first-order chi connectivity index (χ1) is 15.4. The van der Waals surface area contributed by atoms with E-state index in [1.165, 1.54) is 12.1 Å². The number of carbonyl (C=O) groups excluding carboxylic acids is 1. The molecule has 4 aromatic rings. The van der Waals surface area contributed by atoms with Crippen LogP contribution in [0.1, 0.15) is 24.2 Å². The van der Waals surface area contributed by atoms with Gasteiger partial charge < -0.3 is 10.4 Å². The largest absolute Gasteiger partial charge is 0.394 e. The maximum atomic E-state index is 13.5. The number of nitrogens with zero attached hydrogens (tertiary/aromatic N) is 2. The average Bonchev–Trinajstić information content (AvgIpc) is 3.16. The van der Waals surface area contributed by atoms with Crippen LogP contribution in [0.5, 0.6) is 0 Å². The third-order valence-corrected chi connectivity index (χ3v) is 5.79. The SMILES string of the molecule is CC(C)C(CO)NC(=O)c1ccc2c(-c3ccccc3Cl)nn(-c3ccc(F)cc3)c2c1. The number of carbonyl (C=O) groups is 1. The molecule has 2 N–H and O–H groups in total. The zero-order chi connectivity index (χ0) is 22.8. The Hall–Kier alpha value is -3.22. The molecule has 0 aliphatic heterocycles. The van der Waals surface area contributed by atoms with E-state index < -0.39 is 0 Å². The van der Waals surface area contributed by atoms with Gasteiger partial charge in [-0.3, -0.25) is 4.79 Å². The number of halogens is 2. The van der Waals surface area contributed by atoms with Crippen molar-refractivity contribution in [3.05, 3.63) is 83.1 Å². The van der Waals surface area contributed by atoms with Crippen LogP contribution in [0.25, 0.3) is 27.8 Å². The Bertz CT molecular complexity index is 1270. The van der Waals surface area contributed by atoms with Gasteiger partial charge in [-0.2, -0.15) is 5.10 Å². The first kappa shape index (κ1) is 22.0. The van der Waals surface area contributed by atoms with Crippen molar-refractivity contribution in [1.29, 1.82) is 0 Å². The predicted molar refractivity (Wildman–Crippen MR) is 125 cm³/mol. The lowest BCUT2D eigenvalue weighted by Gasteiger charge is -2.19. The highest BCUT2D eigenvalue weighted by Gasteiger charge is 2.20. The van der Waals surface area contributed by atoms with E-state index in [0.717, 1.165) is 10.9 Å². The molecule has 1 unspecified atom stereocenters. The minimum Gasteiger partial charge on any atom is -0.394 e. The summed E-state index contributed by atoms with van der Waals surface area (Å²) in [5, 5.41) is 18.6. The molecule has 0 radical (unpaired) electrons. The lowest BCUT2D eigenvalue weighted by molar-refractivity contribution is 0.0897. The van der Waals surface area contributed by atoms with Crippen LogP contribution in [-0.2, 0) is 0 Å². The molecule has 3 aromatic carbocycles. The van der Waals surface area contributed by atoms with E-state index >= 15 is 0 Å². The van der Waals surface area contributed by atoms with Crippen LogP contribution in [0, 0.1) is 11.7 Å². The summed E-state index contributed by atoms with van der Waals surface area (Å²) in [4.78, 5) is 12.9. The van der Waals surface area contributed by atoms with Gasteiger partial charge in [0.1, 0.15) is 11.5 Å². The molecule has 0 aliphatic rings. The minimum absolute atomic E-state index is 0.0873. The summed E-state index contributed by atoms with van der Waals surface area (Å²) >= 11 is 6.43. The minimum atomic E-state index is -0.348. The molecule has 0 spiro atoms. The van der Waals surface area contributed by atoms with Crippen LogP contribution >= 0.6 is 11.6 Å². The highest BCUT2D eigenvalue weighted by atomic mass is 35.5. The Morgan fingerprint density at radius 1 is 1.12 bits per heavy atom. The van der Waals surface area contributed by atoms with Crippen molar-refractivity contribution in [2.75, 3.05) is 6.61 Å². The molecule has 1 aromatic heterocycles. The first-order valence-corrected chi connectivity index (χ1v) is 10.7. The summed E-state index contributed by atoms with van der Waals surface area (Å²) in [6.45, 7) is 3.73. The van der Waals surface area contributed by atoms with Crippen molar-refractivity contribution in [3.8, 4) is 16.9 Å². The summed E-state index contributed by atoms with van der Waals surface area (Å²) in [5.41, 5.74) is 3.20. The number of aliphatic hydroxyl groups is 1. The highest BCUT2D eigenvalue weighted by molar-refractivity contribution is 6.33. The fraction of sp³-hybridized carbons (Fsp3) is 0.200. The summed E-state index contributed by atoms with van der Waals surface area (Å²) in [7, 11) is 0. The molecule has 0 saturated heterocycles. The molecule has 4 rings (SSSR count). The number of hydrogen-bond acceptors (Lipinski definition) is 3. The van der Waals surface area contributed by atoms with Crippen molar-refractivity contribution in [2.24, 2.45) is 5.92 Å². The summed E-state index contributed by atoms with van der Waals surface area (Å²) < 4.78 is 15.2. The van der Waals surface area contributed by atoms with E-state index in [9.17, 15) is 14.3 Å². The smallest absolute Gasteiger partial charge is 0.251 e. The topological polar surface area (TPSA) is 67.2 Å². The van der Waals surface area contributed by atoms with Gasteiger partial charge in [-0.15, -0.1) is 0 Å². The van der Waals surface area contributed by atoms with Crippen LogP contribution in [0.2, 0.25) is 5.02 Å². The van der Waals surface area contributed by atoms with Crippen molar-refractivity contribution in [1.82, 2.24) is 15.1 Å². The molecular formula is C25H23ClFN3O2. The predicted octanol–water partition coefficient (Wildman–Crippen LogP) is 5.23. The van der Waals surface area contributed by atoms with Gasteiger partial charge in [0.15, 0.2) is 0 Å². The Balaban J connectivity index is 1.87. The number of hydrogen-bond donors (Lipinski definition) is 2. The standard InChI is InChI=1S/C25H23ClFN3O2/c1-15(2)22(14-31)28-25(32)16-7-12-20-23(13-16)30(18-10-8-17(27)9-11-18)29-24(20)19-5-3-4-6-21(19)26/h3-13,15,22,31H,14H2,1-2H3,(H,28,32). The number of nitrogens with one attached hydrogen (secondary N) is 1. The van der Waals surface area contributed by atoms with Crippen molar-refractivity contribution < 1.29 is 14.3 Å². The summed E-state index contributed by atoms with van der Waals surface area (Å²) in [6, 6.07) is 18.4. The number of fused-ring (bicyclic) bond motifs is 1. The first-order valence-electron chi connectivity index (χ1n) is 10.3. The van der Waals surface area contributed by atoms with Gasteiger partial charge in [-0.1, -0.05) is 43.6 Å². The molecule has 0 bridgehead atoms. The molecule has 0 fully saturated rings. The van der Waals surface area contributed by atoms with Crippen LogP contribution in [0.4, 0.5) is 4.39 Å². The number of amides is 1. The van der Waals surface area contributed by atoms with E-state index in [4.69, 9.17) is 16.7 Å². The van der Waals surface area contributed by atoms with Crippen LogP contribution < -0.4 is 5.32 Å². The zero-order valence-corrected chi connectivity index (χ0v) is 18.5. The van der Waals surface area contributed by atoms with E-state index in [-0.39, 0.29) is 30.3 Å². The van der Waals surface area contributed by atoms with Gasteiger partial charge in [0, 0.05) is 16.5 Å². The number of rotatable bonds is 6. The Morgan fingerprint density at radius 2 is 1.84 bits per heavy atom. The molecule has 5 nitrogen and oxygen atoms in total. The van der Waals surface area contributed by atoms with Gasteiger partial charge >= 0.3 is 0 Å². The molecule has 32 heavy (non-hydrogen) atoms. The zero-order valence-electron chi connectivity index (χ0n) is 17.7. The van der Waals surface area contributed by atoms with Crippen molar-refractivity contribution in [2.45, 2.75) is 19.9 Å². The molecule has 7 heteroatoms. The maximum absolute atomic E-state index is 13.5. The molecule has 1 atom stereocenters. The van der Waals surface area contributed by atoms with E-state index in [2.05, 4.69) is 5.32 Å². The highest BCUT2D eigenvalue weighted by Crippen LogP contribution is 2.34. The molecule has 0 aliphatic carbocycles. The second-order valence-corrected chi connectivity index (χ2v) is 8.36. The summed E-state index contributed by atoms with van der Waals surface area (Å²) in [5.74, 6) is -0.546. The number of benzene rings is 3. The summed E-state index contributed by atoms with van der Waals surface area (Å²) in [6.07, 6.45) is 0. The maximum Gasteiger partial charge on any atom is 0.251 e. The Labute approximate surface area is 190 Å². The van der Waals surface area contributed by atoms with Gasteiger partial charge in [-0.05, 0) is 54.4 Å². The van der Waals surface area contributed by atoms with E-state index in [1.54, 1.807) is 35.0 Å². The third-order valence-electron chi connectivity index (χ3n) is 5.46. The quantitative estimate of drug-likeness (QED) is 0.421. The molecule has 164 valence electrons. The lowest BCUT2D eigenvalue weighted by Crippen LogP contribution is -2.41. The van der Waals surface area contributed by atoms with Crippen LogP contribution in [0.3, 0.4) is 0 Å². The van der Waals surface area contributed by atoms with Gasteiger partial charge in [0.2, 0.25) is 0 Å². The average molecular weight is 452 g/mol. The van der Waals surface area contributed by atoms with Crippen LogP contribution in [-0.4, -0.2) is 33.4 Å². The second kappa shape index (κ2) is 9.10. The van der Waals surface area contributed by atoms with E-state index in [1.807, 2.05) is 38.1 Å².